The van der Waals surface area contributed by atoms with E-state index >= 15 is 0 Å². The molecule has 0 saturated heterocycles. The Kier molecular flexibility index (Phi) is 5.65. The van der Waals surface area contributed by atoms with E-state index in [-0.39, 0.29) is 5.97 Å². The van der Waals surface area contributed by atoms with Gasteiger partial charge >= 0.3 is 5.97 Å². The van der Waals surface area contributed by atoms with Gasteiger partial charge < -0.3 is 14.6 Å². The Labute approximate surface area is 108 Å². The summed E-state index contributed by atoms with van der Waals surface area (Å²) in [5.74, 6) is 0.146. The molecular weight excluding hydrogens is 232 g/mol. The zero-order valence-electron chi connectivity index (χ0n) is 11.1. The summed E-state index contributed by atoms with van der Waals surface area (Å²) in [5.41, 5.74) is 0.667. The normalized spacial score (nSPS) is 13.8. The summed E-state index contributed by atoms with van der Waals surface area (Å²) < 4.78 is 10.6. The van der Waals surface area contributed by atoms with Gasteiger partial charge in [0.1, 0.15) is 5.75 Å². The summed E-state index contributed by atoms with van der Waals surface area (Å²) >= 11 is 0. The van der Waals surface area contributed by atoms with Gasteiger partial charge in [0, 0.05) is 5.56 Å². The molecule has 0 spiro atoms. The first-order chi connectivity index (χ1) is 8.60. The van der Waals surface area contributed by atoms with E-state index in [0.29, 0.717) is 24.3 Å². The van der Waals surface area contributed by atoms with Crippen molar-refractivity contribution in [3.05, 3.63) is 29.8 Å². The second-order valence-electron chi connectivity index (χ2n) is 3.98. The summed E-state index contributed by atoms with van der Waals surface area (Å²) in [6, 6.07) is 7.14. The van der Waals surface area contributed by atoms with E-state index < -0.39 is 12.2 Å². The summed E-state index contributed by atoms with van der Waals surface area (Å²) in [5, 5.41) is 9.64. The van der Waals surface area contributed by atoms with Crippen molar-refractivity contribution in [2.24, 2.45) is 0 Å². The average molecular weight is 252 g/mol. The van der Waals surface area contributed by atoms with Gasteiger partial charge in [-0.05, 0) is 26.3 Å². The predicted molar refractivity (Wildman–Crippen MR) is 68.4 cm³/mol. The lowest BCUT2D eigenvalue weighted by Crippen LogP contribution is -2.29. The van der Waals surface area contributed by atoms with Gasteiger partial charge in [-0.2, -0.15) is 0 Å². The third-order valence-electron chi connectivity index (χ3n) is 2.56. The molecule has 18 heavy (non-hydrogen) atoms. The Morgan fingerprint density at radius 2 is 2.00 bits per heavy atom. The molecule has 4 nitrogen and oxygen atoms in total. The maximum Gasteiger partial charge on any atom is 0.347 e. The highest BCUT2D eigenvalue weighted by atomic mass is 16.6. The van der Waals surface area contributed by atoms with Crippen LogP contribution in [0.2, 0.25) is 0 Å². The molecule has 2 atom stereocenters. The highest BCUT2D eigenvalue weighted by molar-refractivity contribution is 5.75. The number of carbonyl (C=O) groups excluding carboxylic acids is 1. The van der Waals surface area contributed by atoms with Crippen LogP contribution in [0, 0.1) is 0 Å². The first-order valence-electron chi connectivity index (χ1n) is 6.20. The van der Waals surface area contributed by atoms with Crippen molar-refractivity contribution in [1.29, 1.82) is 0 Å². The van der Waals surface area contributed by atoms with E-state index in [2.05, 4.69) is 0 Å². The lowest BCUT2D eigenvalue weighted by molar-refractivity contribution is -0.151. The third-order valence-corrected chi connectivity index (χ3v) is 2.56. The van der Waals surface area contributed by atoms with E-state index in [4.69, 9.17) is 9.47 Å². The molecule has 4 heteroatoms. The van der Waals surface area contributed by atoms with Crippen molar-refractivity contribution in [2.45, 2.75) is 39.4 Å². The fourth-order valence-electron chi connectivity index (χ4n) is 1.62. The van der Waals surface area contributed by atoms with Crippen LogP contribution in [0.15, 0.2) is 24.3 Å². The van der Waals surface area contributed by atoms with Crippen LogP contribution in [0.4, 0.5) is 0 Å². The van der Waals surface area contributed by atoms with E-state index in [1.54, 1.807) is 32.0 Å². The molecule has 1 aromatic carbocycles. The van der Waals surface area contributed by atoms with Crippen LogP contribution in [-0.2, 0) is 9.53 Å². The van der Waals surface area contributed by atoms with Crippen LogP contribution >= 0.6 is 0 Å². The molecule has 0 aliphatic carbocycles. The zero-order chi connectivity index (χ0) is 13.5. The maximum atomic E-state index is 11.7. The highest BCUT2D eigenvalue weighted by Crippen LogP contribution is 2.26. The lowest BCUT2D eigenvalue weighted by Gasteiger charge is -2.19. The van der Waals surface area contributed by atoms with E-state index in [9.17, 15) is 9.90 Å². The van der Waals surface area contributed by atoms with Crippen LogP contribution in [0.3, 0.4) is 0 Å². The van der Waals surface area contributed by atoms with Crippen molar-refractivity contribution in [1.82, 2.24) is 0 Å². The van der Waals surface area contributed by atoms with Crippen LogP contribution in [0.5, 0.6) is 5.75 Å². The molecule has 0 saturated carbocycles. The van der Waals surface area contributed by atoms with Crippen LogP contribution in [0.25, 0.3) is 0 Å². The Morgan fingerprint density at radius 3 is 2.56 bits per heavy atom. The zero-order valence-corrected chi connectivity index (χ0v) is 11.1. The number of carbonyl (C=O) groups is 1. The van der Waals surface area contributed by atoms with Crippen molar-refractivity contribution >= 4 is 5.97 Å². The van der Waals surface area contributed by atoms with Crippen LogP contribution in [-0.4, -0.2) is 23.8 Å². The summed E-state index contributed by atoms with van der Waals surface area (Å²) in [6.45, 7) is 5.60. The van der Waals surface area contributed by atoms with Crippen LogP contribution in [0.1, 0.15) is 38.9 Å². The molecule has 0 aromatic heterocycles. The first kappa shape index (κ1) is 14.5. The number of rotatable bonds is 6. The van der Waals surface area contributed by atoms with Gasteiger partial charge in [-0.25, -0.2) is 4.79 Å². The standard InChI is InChI=1S/C14H20O4/c1-4-12(14(16)17-5-2)18-13-9-7-6-8-11(13)10(3)15/h6-10,12,15H,4-5H2,1-3H3/t10-,12?/m1/s1. The predicted octanol–water partition coefficient (Wildman–Crippen LogP) is 2.46. The Hall–Kier alpha value is -1.55. The fourth-order valence-corrected chi connectivity index (χ4v) is 1.62. The van der Waals surface area contributed by atoms with Gasteiger partial charge in [-0.15, -0.1) is 0 Å². The van der Waals surface area contributed by atoms with Gasteiger partial charge in [0.25, 0.3) is 0 Å². The minimum Gasteiger partial charge on any atom is -0.478 e. The number of para-hydroxylation sites is 1. The molecule has 0 heterocycles. The Morgan fingerprint density at radius 1 is 1.33 bits per heavy atom. The SMILES string of the molecule is CCOC(=O)C(CC)Oc1ccccc1[C@@H](C)O. The van der Waals surface area contributed by atoms with Gasteiger partial charge in [-0.3, -0.25) is 0 Å². The number of esters is 1. The Balaban J connectivity index is 2.85. The second-order valence-corrected chi connectivity index (χ2v) is 3.98. The van der Waals surface area contributed by atoms with E-state index in [0.717, 1.165) is 0 Å². The van der Waals surface area contributed by atoms with Crippen molar-refractivity contribution in [2.75, 3.05) is 6.61 Å². The average Bonchev–Trinajstić information content (AvgIpc) is 2.36. The minimum absolute atomic E-state index is 0.330. The maximum absolute atomic E-state index is 11.7. The van der Waals surface area contributed by atoms with Gasteiger partial charge in [0.05, 0.1) is 12.7 Å². The quantitative estimate of drug-likeness (QED) is 0.790. The van der Waals surface area contributed by atoms with E-state index in [1.165, 1.54) is 0 Å². The number of hydrogen-bond donors (Lipinski definition) is 1. The summed E-state index contributed by atoms with van der Waals surface area (Å²) in [6.07, 6.45) is -0.752. The molecular formula is C14H20O4. The molecule has 1 N–H and O–H groups in total. The number of ether oxygens (including phenoxy) is 2. The first-order valence-corrected chi connectivity index (χ1v) is 6.20. The number of benzene rings is 1. The molecule has 1 unspecified atom stereocenters. The fraction of sp³-hybridized carbons (Fsp3) is 0.500. The molecule has 0 fully saturated rings. The smallest absolute Gasteiger partial charge is 0.347 e. The van der Waals surface area contributed by atoms with E-state index in [1.807, 2.05) is 13.0 Å². The van der Waals surface area contributed by atoms with Gasteiger partial charge in [-0.1, -0.05) is 25.1 Å². The second kappa shape index (κ2) is 7.01. The van der Waals surface area contributed by atoms with Crippen molar-refractivity contribution < 1.29 is 19.4 Å². The summed E-state index contributed by atoms with van der Waals surface area (Å²) in [4.78, 5) is 11.7. The molecule has 0 bridgehead atoms. The number of aliphatic hydroxyl groups is 1. The molecule has 0 aliphatic heterocycles. The Bertz CT molecular complexity index is 387. The van der Waals surface area contributed by atoms with Crippen molar-refractivity contribution in [3.8, 4) is 5.75 Å². The molecule has 0 radical (unpaired) electrons. The molecule has 100 valence electrons. The lowest BCUT2D eigenvalue weighted by atomic mass is 10.1. The number of hydrogen-bond acceptors (Lipinski definition) is 4. The molecule has 1 rings (SSSR count). The topological polar surface area (TPSA) is 55.8 Å². The molecule has 1 aromatic rings. The van der Waals surface area contributed by atoms with Crippen LogP contribution < -0.4 is 4.74 Å². The highest BCUT2D eigenvalue weighted by Gasteiger charge is 2.21. The van der Waals surface area contributed by atoms with Gasteiger partial charge in [0.15, 0.2) is 6.10 Å². The third kappa shape index (κ3) is 3.74. The number of aliphatic hydroxyl groups excluding tert-OH is 1. The van der Waals surface area contributed by atoms with Gasteiger partial charge in [0.2, 0.25) is 0 Å². The summed E-state index contributed by atoms with van der Waals surface area (Å²) in [7, 11) is 0. The molecule has 0 amide bonds. The minimum atomic E-state index is -0.638. The van der Waals surface area contributed by atoms with Crippen molar-refractivity contribution in [3.63, 3.8) is 0 Å². The largest absolute Gasteiger partial charge is 0.478 e. The monoisotopic (exact) mass is 252 g/mol. The molecule has 0 aliphatic rings.